The van der Waals surface area contributed by atoms with Gasteiger partial charge in [0.25, 0.3) is 0 Å². The molecule has 0 aliphatic heterocycles. The summed E-state index contributed by atoms with van der Waals surface area (Å²) in [5, 5.41) is 0. The molecule has 0 radical (unpaired) electrons. The second-order valence-corrected chi connectivity index (χ2v) is 7.03. The molecule has 0 fully saturated rings. The molecule has 0 saturated carbocycles. The van der Waals surface area contributed by atoms with E-state index in [4.69, 9.17) is 5.73 Å². The number of hydrogen-bond donors (Lipinski definition) is 1. The maximum Gasteiger partial charge on any atom is 0.191 e. The van der Waals surface area contributed by atoms with Crippen LogP contribution in [0.5, 0.6) is 0 Å². The number of sulfone groups is 1. The Hall–Kier alpha value is -0.830. The van der Waals surface area contributed by atoms with Crippen molar-refractivity contribution in [1.29, 1.82) is 0 Å². The molecule has 0 bridgehead atoms. The highest BCUT2D eigenvalue weighted by Gasteiger charge is 2.11. The van der Waals surface area contributed by atoms with Gasteiger partial charge < -0.3 is 10.6 Å². The van der Waals surface area contributed by atoms with Gasteiger partial charge in [-0.2, -0.15) is 0 Å². The zero-order valence-electron chi connectivity index (χ0n) is 13.2. The summed E-state index contributed by atoms with van der Waals surface area (Å²) in [5.74, 6) is 0.709. The van der Waals surface area contributed by atoms with Crippen molar-refractivity contribution in [3.63, 3.8) is 0 Å². The van der Waals surface area contributed by atoms with Crippen LogP contribution in [0.1, 0.15) is 25.8 Å². The second-order valence-electron chi connectivity index (χ2n) is 4.84. The Balaban J connectivity index is 0.00000441. The van der Waals surface area contributed by atoms with Crippen LogP contribution in [-0.4, -0.2) is 44.7 Å². The Kier molecular flexibility index (Phi) is 10.4. The Labute approximate surface area is 150 Å². The smallest absolute Gasteiger partial charge is 0.191 e. The first kappa shape index (κ1) is 21.2. The van der Waals surface area contributed by atoms with Crippen LogP contribution >= 0.6 is 24.0 Å². The van der Waals surface area contributed by atoms with Crippen molar-refractivity contribution >= 4 is 39.8 Å². The van der Waals surface area contributed by atoms with E-state index in [1.165, 1.54) is 0 Å². The Morgan fingerprint density at radius 1 is 1.18 bits per heavy atom. The molecule has 22 heavy (non-hydrogen) atoms. The molecular weight excluding hydrogens is 413 g/mol. The third kappa shape index (κ3) is 7.98. The molecule has 0 atom stereocenters. The molecule has 7 heteroatoms. The monoisotopic (exact) mass is 439 g/mol. The highest BCUT2D eigenvalue weighted by Crippen LogP contribution is 2.07. The summed E-state index contributed by atoms with van der Waals surface area (Å²) in [6, 6.07) is 9.23. The fourth-order valence-electron chi connectivity index (χ4n) is 2.03. The van der Waals surface area contributed by atoms with Crippen LogP contribution in [0.3, 0.4) is 0 Å². The number of rotatable bonds is 8. The summed E-state index contributed by atoms with van der Waals surface area (Å²) in [7, 11) is -3.09. The molecule has 0 saturated heterocycles. The molecule has 1 aromatic rings. The number of hydrogen-bond acceptors (Lipinski definition) is 3. The predicted octanol–water partition coefficient (Wildman–Crippen LogP) is 2.27. The quantitative estimate of drug-likeness (QED) is 0.292. The SMILES string of the molecule is CCN(CC)C(N)=NCCCS(=O)(=O)Cc1ccccc1.I. The van der Waals surface area contributed by atoms with E-state index in [1.54, 1.807) is 0 Å². The van der Waals surface area contributed by atoms with E-state index in [-0.39, 0.29) is 35.5 Å². The van der Waals surface area contributed by atoms with Crippen molar-refractivity contribution in [2.45, 2.75) is 26.0 Å². The Morgan fingerprint density at radius 3 is 2.32 bits per heavy atom. The molecule has 0 unspecified atom stereocenters. The molecule has 2 N–H and O–H groups in total. The largest absolute Gasteiger partial charge is 0.370 e. The predicted molar refractivity (Wildman–Crippen MR) is 103 cm³/mol. The molecule has 1 aromatic carbocycles. The second kappa shape index (κ2) is 10.8. The minimum Gasteiger partial charge on any atom is -0.370 e. The lowest BCUT2D eigenvalue weighted by molar-refractivity contribution is 0.458. The molecule has 0 aliphatic rings. The van der Waals surface area contributed by atoms with Crippen molar-refractivity contribution in [3.05, 3.63) is 35.9 Å². The molecule has 1 rings (SSSR count). The van der Waals surface area contributed by atoms with Gasteiger partial charge in [0, 0.05) is 19.6 Å². The molecule has 0 spiro atoms. The molecule has 0 amide bonds. The van der Waals surface area contributed by atoms with Crippen molar-refractivity contribution in [2.75, 3.05) is 25.4 Å². The van der Waals surface area contributed by atoms with Crippen LogP contribution in [0.4, 0.5) is 0 Å². The number of nitrogens with zero attached hydrogens (tertiary/aromatic N) is 2. The number of nitrogens with two attached hydrogens (primary N) is 1. The summed E-state index contributed by atoms with van der Waals surface area (Å²) in [6.45, 7) is 6.07. The summed E-state index contributed by atoms with van der Waals surface area (Å²) in [5.41, 5.74) is 6.66. The maximum absolute atomic E-state index is 12.0. The first-order chi connectivity index (χ1) is 9.98. The minimum absolute atomic E-state index is 0. The average Bonchev–Trinajstić information content (AvgIpc) is 2.45. The summed E-state index contributed by atoms with van der Waals surface area (Å²) in [6.07, 6.45) is 0.497. The lowest BCUT2D eigenvalue weighted by Crippen LogP contribution is -2.37. The van der Waals surface area contributed by atoms with Gasteiger partial charge in [-0.15, -0.1) is 24.0 Å². The fraction of sp³-hybridized carbons (Fsp3) is 0.533. The van der Waals surface area contributed by atoms with E-state index in [9.17, 15) is 8.42 Å². The van der Waals surface area contributed by atoms with Crippen LogP contribution < -0.4 is 5.73 Å². The number of aliphatic imine (C=N–C) groups is 1. The molecule has 126 valence electrons. The molecular formula is C15H26IN3O2S. The van der Waals surface area contributed by atoms with Crippen molar-refractivity contribution in [3.8, 4) is 0 Å². The van der Waals surface area contributed by atoms with Crippen LogP contribution in [0.25, 0.3) is 0 Å². The van der Waals surface area contributed by atoms with E-state index in [2.05, 4.69) is 4.99 Å². The number of benzene rings is 1. The van der Waals surface area contributed by atoms with Gasteiger partial charge in [-0.25, -0.2) is 8.42 Å². The summed E-state index contributed by atoms with van der Waals surface area (Å²) in [4.78, 5) is 6.18. The van der Waals surface area contributed by atoms with Crippen molar-refractivity contribution in [2.24, 2.45) is 10.7 Å². The van der Waals surface area contributed by atoms with Crippen molar-refractivity contribution < 1.29 is 8.42 Å². The average molecular weight is 439 g/mol. The highest BCUT2D eigenvalue weighted by atomic mass is 127. The normalized spacial score (nSPS) is 11.8. The van der Waals surface area contributed by atoms with Gasteiger partial charge in [0.2, 0.25) is 0 Å². The molecule has 0 aliphatic carbocycles. The fourth-order valence-corrected chi connectivity index (χ4v) is 3.44. The van der Waals surface area contributed by atoms with Crippen LogP contribution in [0.15, 0.2) is 35.3 Å². The first-order valence-electron chi connectivity index (χ1n) is 7.27. The number of halogens is 1. The maximum atomic E-state index is 12.0. The van der Waals surface area contributed by atoms with Gasteiger partial charge in [0.05, 0.1) is 11.5 Å². The van der Waals surface area contributed by atoms with Gasteiger partial charge in [-0.1, -0.05) is 30.3 Å². The lowest BCUT2D eigenvalue weighted by atomic mass is 10.2. The molecule has 0 heterocycles. The van der Waals surface area contributed by atoms with E-state index < -0.39 is 9.84 Å². The van der Waals surface area contributed by atoms with E-state index in [0.717, 1.165) is 18.7 Å². The number of guanidine groups is 1. The van der Waals surface area contributed by atoms with E-state index >= 15 is 0 Å². The first-order valence-corrected chi connectivity index (χ1v) is 9.10. The summed E-state index contributed by atoms with van der Waals surface area (Å²) >= 11 is 0. The topological polar surface area (TPSA) is 75.8 Å². The van der Waals surface area contributed by atoms with E-state index in [1.807, 2.05) is 49.1 Å². The zero-order chi connectivity index (χ0) is 15.7. The highest BCUT2D eigenvalue weighted by molar-refractivity contribution is 14.0. The van der Waals surface area contributed by atoms with Crippen LogP contribution in [0.2, 0.25) is 0 Å². The van der Waals surface area contributed by atoms with Crippen LogP contribution in [-0.2, 0) is 15.6 Å². The summed E-state index contributed by atoms with van der Waals surface area (Å²) < 4.78 is 24.0. The Bertz CT molecular complexity index is 543. The third-order valence-corrected chi connectivity index (χ3v) is 4.89. The zero-order valence-corrected chi connectivity index (χ0v) is 16.4. The minimum atomic E-state index is -3.09. The lowest BCUT2D eigenvalue weighted by Gasteiger charge is -2.19. The van der Waals surface area contributed by atoms with Gasteiger partial charge in [-0.05, 0) is 25.8 Å². The van der Waals surface area contributed by atoms with Gasteiger partial charge >= 0.3 is 0 Å². The van der Waals surface area contributed by atoms with Crippen molar-refractivity contribution in [1.82, 2.24) is 4.90 Å². The van der Waals surface area contributed by atoms with Gasteiger partial charge in [0.15, 0.2) is 15.8 Å². The van der Waals surface area contributed by atoms with Gasteiger partial charge in [-0.3, -0.25) is 4.99 Å². The third-order valence-electron chi connectivity index (χ3n) is 3.20. The standard InChI is InChI=1S/C15H25N3O2S.HI/c1-3-18(4-2)15(16)17-11-8-12-21(19,20)13-14-9-6-5-7-10-14;/h5-7,9-10H,3-4,8,11-13H2,1-2H3,(H2,16,17);1H. The molecule has 5 nitrogen and oxygen atoms in total. The van der Waals surface area contributed by atoms with Gasteiger partial charge in [0.1, 0.15) is 0 Å². The molecule has 0 aromatic heterocycles. The van der Waals surface area contributed by atoms with E-state index in [0.29, 0.717) is 18.9 Å². The Morgan fingerprint density at radius 2 is 1.77 bits per heavy atom. The van der Waals surface area contributed by atoms with Crippen LogP contribution in [0, 0.1) is 0 Å².